The second kappa shape index (κ2) is 11.6. The average molecular weight is 428 g/mol. The Morgan fingerprint density at radius 1 is 1.03 bits per heavy atom. The van der Waals surface area contributed by atoms with Crippen LogP contribution in [0.25, 0.3) is 0 Å². The zero-order valence-electron chi connectivity index (χ0n) is 18.3. The van der Waals surface area contributed by atoms with Crippen LogP contribution in [0.3, 0.4) is 0 Å². The van der Waals surface area contributed by atoms with E-state index >= 15 is 0 Å². The van der Waals surface area contributed by atoms with Crippen molar-refractivity contribution in [3.05, 3.63) is 53.6 Å². The van der Waals surface area contributed by atoms with Gasteiger partial charge in [-0.1, -0.05) is 25.1 Å². The first-order valence-corrected chi connectivity index (χ1v) is 9.92. The van der Waals surface area contributed by atoms with Gasteiger partial charge in [-0.15, -0.1) is 0 Å². The minimum Gasteiger partial charge on any atom is -0.497 e. The molecule has 0 bridgehead atoms. The predicted molar refractivity (Wildman–Crippen MR) is 117 cm³/mol. The van der Waals surface area contributed by atoms with Crippen LogP contribution in [0.1, 0.15) is 29.3 Å². The highest BCUT2D eigenvalue weighted by Gasteiger charge is 2.21. The van der Waals surface area contributed by atoms with Crippen LogP contribution in [0.4, 0.5) is 5.69 Å². The minimum absolute atomic E-state index is 0.135. The monoisotopic (exact) mass is 428 g/mol. The number of benzene rings is 2. The maximum absolute atomic E-state index is 12.6. The molecular weight excluding hydrogens is 400 g/mol. The number of amides is 2. The third-order valence-corrected chi connectivity index (χ3v) is 4.56. The fourth-order valence-corrected chi connectivity index (χ4v) is 2.90. The number of rotatable bonds is 10. The molecule has 8 heteroatoms. The fourth-order valence-electron chi connectivity index (χ4n) is 2.90. The highest BCUT2D eigenvalue weighted by molar-refractivity contribution is 5.96. The van der Waals surface area contributed by atoms with Crippen LogP contribution in [0.5, 0.6) is 11.5 Å². The first-order chi connectivity index (χ1) is 14.9. The van der Waals surface area contributed by atoms with Gasteiger partial charge in [0.1, 0.15) is 17.1 Å². The third-order valence-electron chi connectivity index (χ3n) is 4.56. The molecule has 2 aromatic carbocycles. The molecule has 31 heavy (non-hydrogen) atoms. The summed E-state index contributed by atoms with van der Waals surface area (Å²) in [7, 11) is 2.93. The van der Waals surface area contributed by atoms with Gasteiger partial charge in [-0.25, -0.2) is 4.79 Å². The first kappa shape index (κ1) is 23.7. The highest BCUT2D eigenvalue weighted by atomic mass is 16.5. The van der Waals surface area contributed by atoms with Gasteiger partial charge in [0.2, 0.25) is 5.91 Å². The van der Waals surface area contributed by atoms with E-state index < -0.39 is 18.5 Å². The number of aryl methyl sites for hydroxylation is 1. The van der Waals surface area contributed by atoms with Gasteiger partial charge in [0.05, 0.1) is 20.8 Å². The summed E-state index contributed by atoms with van der Waals surface area (Å²) >= 11 is 0. The molecule has 0 atom stereocenters. The smallest absolute Gasteiger partial charge is 0.342 e. The molecule has 0 aromatic heterocycles. The Kier molecular flexibility index (Phi) is 8.87. The van der Waals surface area contributed by atoms with E-state index in [9.17, 15) is 14.4 Å². The summed E-state index contributed by atoms with van der Waals surface area (Å²) in [5.74, 6) is -0.673. The molecule has 166 valence electrons. The summed E-state index contributed by atoms with van der Waals surface area (Å²) in [5, 5.41) is 2.80. The summed E-state index contributed by atoms with van der Waals surface area (Å²) in [6.45, 7) is 3.53. The molecule has 1 N–H and O–H groups in total. The van der Waals surface area contributed by atoms with Crippen LogP contribution in [-0.2, 0) is 14.3 Å². The topological polar surface area (TPSA) is 94.2 Å². The SMILES string of the molecule is CCCN(CC(=O)Nc1ccccc1C)C(=O)COC(=O)c1ccc(OC)cc1OC. The number of para-hydroxylation sites is 1. The molecule has 2 amide bonds. The molecule has 0 spiro atoms. The Labute approximate surface area is 182 Å². The van der Waals surface area contributed by atoms with Crippen molar-refractivity contribution in [3.63, 3.8) is 0 Å². The number of ether oxygens (including phenoxy) is 3. The van der Waals surface area contributed by atoms with Gasteiger partial charge in [-0.2, -0.15) is 0 Å². The van der Waals surface area contributed by atoms with Crippen LogP contribution in [0, 0.1) is 6.92 Å². The Morgan fingerprint density at radius 2 is 1.77 bits per heavy atom. The normalized spacial score (nSPS) is 10.2. The van der Waals surface area contributed by atoms with Crippen LogP contribution in [0.15, 0.2) is 42.5 Å². The van der Waals surface area contributed by atoms with Crippen molar-refractivity contribution in [2.24, 2.45) is 0 Å². The second-order valence-electron chi connectivity index (χ2n) is 6.82. The van der Waals surface area contributed by atoms with Crippen molar-refractivity contribution in [2.45, 2.75) is 20.3 Å². The zero-order chi connectivity index (χ0) is 22.8. The fraction of sp³-hybridized carbons (Fsp3) is 0.348. The number of nitrogens with zero attached hydrogens (tertiary/aromatic N) is 1. The molecule has 2 rings (SSSR count). The third kappa shape index (κ3) is 6.74. The molecule has 0 saturated heterocycles. The van der Waals surface area contributed by atoms with Crippen LogP contribution >= 0.6 is 0 Å². The van der Waals surface area contributed by atoms with E-state index in [2.05, 4.69) is 5.32 Å². The first-order valence-electron chi connectivity index (χ1n) is 9.92. The molecule has 0 aliphatic carbocycles. The van der Waals surface area contributed by atoms with Crippen molar-refractivity contribution in [1.29, 1.82) is 0 Å². The van der Waals surface area contributed by atoms with E-state index in [0.29, 0.717) is 24.4 Å². The van der Waals surface area contributed by atoms with Gasteiger partial charge in [-0.3, -0.25) is 9.59 Å². The quantitative estimate of drug-likeness (QED) is 0.585. The lowest BCUT2D eigenvalue weighted by atomic mass is 10.2. The van der Waals surface area contributed by atoms with Gasteiger partial charge in [0, 0.05) is 18.3 Å². The van der Waals surface area contributed by atoms with Gasteiger partial charge in [0.15, 0.2) is 6.61 Å². The molecule has 0 aliphatic rings. The number of anilines is 1. The number of nitrogens with one attached hydrogen (secondary N) is 1. The van der Waals surface area contributed by atoms with Crippen molar-refractivity contribution >= 4 is 23.5 Å². The minimum atomic E-state index is -0.700. The van der Waals surface area contributed by atoms with Gasteiger partial charge >= 0.3 is 5.97 Å². The summed E-state index contributed by atoms with van der Waals surface area (Å²) in [4.78, 5) is 38.8. The number of carbonyl (C=O) groups excluding carboxylic acids is 3. The Bertz CT molecular complexity index is 928. The summed E-state index contributed by atoms with van der Waals surface area (Å²) < 4.78 is 15.5. The van der Waals surface area contributed by atoms with Crippen molar-refractivity contribution in [1.82, 2.24) is 4.90 Å². The summed E-state index contributed by atoms with van der Waals surface area (Å²) in [6.07, 6.45) is 0.656. The summed E-state index contributed by atoms with van der Waals surface area (Å²) in [5.41, 5.74) is 1.79. The van der Waals surface area contributed by atoms with E-state index in [1.165, 1.54) is 25.2 Å². The molecule has 0 aliphatic heterocycles. The molecule has 8 nitrogen and oxygen atoms in total. The van der Waals surface area contributed by atoms with Crippen LogP contribution < -0.4 is 14.8 Å². The zero-order valence-corrected chi connectivity index (χ0v) is 18.3. The molecule has 0 saturated carbocycles. The van der Waals surface area contributed by atoms with Gasteiger partial charge in [-0.05, 0) is 37.1 Å². The Morgan fingerprint density at radius 3 is 2.42 bits per heavy atom. The molecule has 0 heterocycles. The van der Waals surface area contributed by atoms with Gasteiger partial charge < -0.3 is 24.4 Å². The van der Waals surface area contributed by atoms with Gasteiger partial charge in [0.25, 0.3) is 5.91 Å². The summed E-state index contributed by atoms with van der Waals surface area (Å²) in [6, 6.07) is 12.0. The number of carbonyl (C=O) groups is 3. The molecular formula is C23H28N2O6. The number of methoxy groups -OCH3 is 2. The standard InChI is InChI=1S/C23H28N2O6/c1-5-12-25(14-21(26)24-19-9-7-6-8-16(19)2)22(27)15-31-23(28)18-11-10-17(29-3)13-20(18)30-4/h6-11,13H,5,12,14-15H2,1-4H3,(H,24,26). The van der Waals surface area contributed by atoms with E-state index in [1.54, 1.807) is 18.2 Å². The Balaban J connectivity index is 1.98. The van der Waals surface area contributed by atoms with Crippen molar-refractivity contribution < 1.29 is 28.6 Å². The van der Waals surface area contributed by atoms with Crippen molar-refractivity contribution in [3.8, 4) is 11.5 Å². The Hall–Kier alpha value is -3.55. The number of hydrogen-bond donors (Lipinski definition) is 1. The van der Waals surface area contributed by atoms with Crippen LogP contribution in [-0.4, -0.2) is 56.6 Å². The maximum atomic E-state index is 12.6. The maximum Gasteiger partial charge on any atom is 0.342 e. The molecule has 0 radical (unpaired) electrons. The molecule has 0 fully saturated rings. The van der Waals surface area contributed by atoms with Crippen molar-refractivity contribution in [2.75, 3.05) is 39.2 Å². The largest absolute Gasteiger partial charge is 0.497 e. The predicted octanol–water partition coefficient (Wildman–Crippen LogP) is 3.05. The average Bonchev–Trinajstić information content (AvgIpc) is 2.77. The molecule has 0 unspecified atom stereocenters. The lowest BCUT2D eigenvalue weighted by Crippen LogP contribution is -2.40. The molecule has 2 aromatic rings. The van der Waals surface area contributed by atoms with E-state index in [0.717, 1.165) is 5.56 Å². The van der Waals surface area contributed by atoms with E-state index in [-0.39, 0.29) is 23.8 Å². The second-order valence-corrected chi connectivity index (χ2v) is 6.82. The van der Waals surface area contributed by atoms with Crippen LogP contribution in [0.2, 0.25) is 0 Å². The lowest BCUT2D eigenvalue weighted by Gasteiger charge is -2.22. The number of esters is 1. The van der Waals surface area contributed by atoms with E-state index in [1.807, 2.05) is 32.0 Å². The lowest BCUT2D eigenvalue weighted by molar-refractivity contribution is -0.137. The van der Waals surface area contributed by atoms with E-state index in [4.69, 9.17) is 14.2 Å². The highest BCUT2D eigenvalue weighted by Crippen LogP contribution is 2.25. The number of hydrogen-bond acceptors (Lipinski definition) is 6.